The van der Waals surface area contributed by atoms with E-state index in [1.165, 1.54) is 6.92 Å². The summed E-state index contributed by atoms with van der Waals surface area (Å²) < 4.78 is 10.7. The number of carbonyl (C=O) groups excluding carboxylic acids is 2. The molecule has 0 radical (unpaired) electrons. The summed E-state index contributed by atoms with van der Waals surface area (Å²) in [5, 5.41) is 3.05. The topological polar surface area (TPSA) is 83.7 Å². The molecule has 3 rings (SSSR count). The van der Waals surface area contributed by atoms with E-state index < -0.39 is 0 Å². The first-order chi connectivity index (χ1) is 13.9. The number of ether oxygens (including phenoxy) is 2. The molecule has 0 saturated carbocycles. The minimum absolute atomic E-state index is 0.0254. The van der Waals surface area contributed by atoms with Gasteiger partial charge >= 0.3 is 0 Å². The minimum Gasteiger partial charge on any atom is -0.497 e. The molecule has 1 fully saturated rings. The predicted molar refractivity (Wildman–Crippen MR) is 111 cm³/mol. The summed E-state index contributed by atoms with van der Waals surface area (Å²) in [6.45, 7) is 8.56. The zero-order valence-corrected chi connectivity index (χ0v) is 17.5. The van der Waals surface area contributed by atoms with Crippen LogP contribution < -0.4 is 10.1 Å². The summed E-state index contributed by atoms with van der Waals surface area (Å²) in [5.74, 6) is 0.553. The molecule has 2 aromatic rings. The average molecular weight is 399 g/mol. The number of aryl methyl sites for hydroxylation is 1. The molecule has 29 heavy (non-hydrogen) atoms. The van der Waals surface area contributed by atoms with Crippen molar-refractivity contribution in [2.45, 2.75) is 26.8 Å². The number of aromatic amines is 1. The van der Waals surface area contributed by atoms with Crippen molar-refractivity contribution >= 4 is 11.7 Å². The lowest BCUT2D eigenvalue weighted by atomic mass is 10.0. The number of benzene rings is 1. The van der Waals surface area contributed by atoms with Crippen LogP contribution in [-0.2, 0) is 4.74 Å². The fourth-order valence-electron chi connectivity index (χ4n) is 3.96. The Hall–Kier alpha value is -2.64. The summed E-state index contributed by atoms with van der Waals surface area (Å²) in [4.78, 5) is 30.1. The van der Waals surface area contributed by atoms with Crippen molar-refractivity contribution in [1.29, 1.82) is 0 Å². The fraction of sp³-hybridized carbons (Fsp3) is 0.455. The second-order valence-electron chi connectivity index (χ2n) is 7.33. The third-order valence-corrected chi connectivity index (χ3v) is 5.46. The van der Waals surface area contributed by atoms with E-state index >= 15 is 0 Å². The van der Waals surface area contributed by atoms with Crippen molar-refractivity contribution in [3.63, 3.8) is 0 Å². The molecule has 1 aromatic heterocycles. The lowest BCUT2D eigenvalue weighted by molar-refractivity contribution is 0.0162. The summed E-state index contributed by atoms with van der Waals surface area (Å²) >= 11 is 0. The van der Waals surface area contributed by atoms with E-state index in [4.69, 9.17) is 9.47 Å². The number of nitrogens with one attached hydrogen (secondary N) is 2. The highest BCUT2D eigenvalue weighted by molar-refractivity contribution is 6.02. The van der Waals surface area contributed by atoms with Crippen LogP contribution in [0.2, 0.25) is 0 Å². The molecular weight excluding hydrogens is 370 g/mol. The zero-order chi connectivity index (χ0) is 21.0. The Morgan fingerprint density at radius 2 is 1.86 bits per heavy atom. The molecule has 0 bridgehead atoms. The smallest absolute Gasteiger partial charge is 0.268 e. The number of ketones is 1. The van der Waals surface area contributed by atoms with Crippen molar-refractivity contribution in [3.8, 4) is 5.75 Å². The van der Waals surface area contributed by atoms with E-state index in [9.17, 15) is 9.59 Å². The van der Waals surface area contributed by atoms with Crippen molar-refractivity contribution in [2.24, 2.45) is 0 Å². The minimum atomic E-state index is -0.204. The van der Waals surface area contributed by atoms with Gasteiger partial charge in [0.25, 0.3) is 5.91 Å². The van der Waals surface area contributed by atoms with Crippen molar-refractivity contribution < 1.29 is 19.1 Å². The van der Waals surface area contributed by atoms with Gasteiger partial charge < -0.3 is 19.8 Å². The molecule has 7 heteroatoms. The summed E-state index contributed by atoms with van der Waals surface area (Å²) in [6.07, 6.45) is 0. The highest BCUT2D eigenvalue weighted by Crippen LogP contribution is 2.24. The molecule has 2 heterocycles. The van der Waals surface area contributed by atoms with Gasteiger partial charge in [0.05, 0.1) is 26.4 Å². The Kier molecular flexibility index (Phi) is 6.71. The molecule has 0 spiro atoms. The standard InChI is InChI=1S/C22H29N3O4/c1-14-20(16(3)26)15(2)24-21(14)22(27)23-13-19(25-9-11-29-12-10-25)17-5-7-18(28-4)8-6-17/h5-8,19,24H,9-13H2,1-4H3,(H,23,27)/t19-/m0/s1. The van der Waals surface area contributed by atoms with Crippen LogP contribution in [0.5, 0.6) is 5.75 Å². The molecule has 1 aromatic carbocycles. The van der Waals surface area contributed by atoms with E-state index in [1.54, 1.807) is 14.0 Å². The summed E-state index contributed by atoms with van der Waals surface area (Å²) in [6, 6.07) is 7.95. The molecule has 0 aliphatic carbocycles. The van der Waals surface area contributed by atoms with Gasteiger partial charge in [0, 0.05) is 30.9 Å². The van der Waals surface area contributed by atoms with Gasteiger partial charge in [-0.05, 0) is 44.0 Å². The number of rotatable bonds is 7. The van der Waals surface area contributed by atoms with Crippen LogP contribution in [0.1, 0.15) is 50.6 Å². The number of Topliss-reactive ketones (excluding diaryl/α,β-unsaturated/α-hetero) is 1. The van der Waals surface area contributed by atoms with Gasteiger partial charge in [-0.1, -0.05) is 12.1 Å². The van der Waals surface area contributed by atoms with Crippen LogP contribution in [-0.4, -0.2) is 61.5 Å². The number of methoxy groups -OCH3 is 1. The summed E-state index contributed by atoms with van der Waals surface area (Å²) in [5.41, 5.74) is 3.56. The van der Waals surface area contributed by atoms with Gasteiger partial charge in [0.2, 0.25) is 0 Å². The molecule has 0 unspecified atom stereocenters. The van der Waals surface area contributed by atoms with Crippen molar-refractivity contribution in [2.75, 3.05) is 40.0 Å². The van der Waals surface area contributed by atoms with Crippen LogP contribution in [0, 0.1) is 13.8 Å². The Balaban J connectivity index is 1.78. The Morgan fingerprint density at radius 1 is 1.21 bits per heavy atom. The van der Waals surface area contributed by atoms with Gasteiger partial charge in [-0.25, -0.2) is 0 Å². The number of nitrogens with zero attached hydrogens (tertiary/aromatic N) is 1. The lowest BCUT2D eigenvalue weighted by Crippen LogP contribution is -2.44. The Labute approximate surface area is 171 Å². The summed E-state index contributed by atoms with van der Waals surface area (Å²) in [7, 11) is 1.64. The maximum atomic E-state index is 12.9. The maximum Gasteiger partial charge on any atom is 0.268 e. The third-order valence-electron chi connectivity index (χ3n) is 5.46. The Morgan fingerprint density at radius 3 is 2.41 bits per heavy atom. The molecule has 1 amide bonds. The van der Waals surface area contributed by atoms with Crippen molar-refractivity contribution in [3.05, 3.63) is 52.3 Å². The number of carbonyl (C=O) groups is 2. The molecular formula is C22H29N3O4. The Bertz CT molecular complexity index is 867. The number of aromatic nitrogens is 1. The molecule has 1 saturated heterocycles. The number of hydrogen-bond donors (Lipinski definition) is 2. The third kappa shape index (κ3) is 4.68. The van der Waals surface area contributed by atoms with Crippen molar-refractivity contribution in [1.82, 2.24) is 15.2 Å². The number of morpholine rings is 1. The van der Waals surface area contributed by atoms with Crippen LogP contribution in [0.25, 0.3) is 0 Å². The second-order valence-corrected chi connectivity index (χ2v) is 7.33. The predicted octanol–water partition coefficient (Wildman–Crippen LogP) is 2.65. The molecule has 156 valence electrons. The first kappa shape index (κ1) is 21.1. The van der Waals surface area contributed by atoms with Crippen LogP contribution in [0.3, 0.4) is 0 Å². The molecule has 1 aliphatic heterocycles. The van der Waals surface area contributed by atoms with Gasteiger partial charge in [-0.3, -0.25) is 14.5 Å². The quantitative estimate of drug-likeness (QED) is 0.700. The fourth-order valence-corrected chi connectivity index (χ4v) is 3.96. The molecule has 7 nitrogen and oxygen atoms in total. The normalized spacial score (nSPS) is 15.7. The van der Waals surface area contributed by atoms with Crippen LogP contribution >= 0.6 is 0 Å². The van der Waals surface area contributed by atoms with E-state index in [-0.39, 0.29) is 17.7 Å². The first-order valence-electron chi connectivity index (χ1n) is 9.86. The van der Waals surface area contributed by atoms with Gasteiger partial charge in [-0.2, -0.15) is 0 Å². The van der Waals surface area contributed by atoms with E-state index in [2.05, 4.69) is 15.2 Å². The van der Waals surface area contributed by atoms with E-state index in [1.807, 2.05) is 31.2 Å². The molecule has 1 aliphatic rings. The molecule has 2 N–H and O–H groups in total. The molecule has 1 atom stereocenters. The second kappa shape index (κ2) is 9.24. The van der Waals surface area contributed by atoms with Gasteiger partial charge in [0.15, 0.2) is 5.78 Å². The monoisotopic (exact) mass is 399 g/mol. The largest absolute Gasteiger partial charge is 0.497 e. The highest BCUT2D eigenvalue weighted by atomic mass is 16.5. The van der Waals surface area contributed by atoms with Crippen LogP contribution in [0.4, 0.5) is 0 Å². The number of H-pyrrole nitrogens is 1. The van der Waals surface area contributed by atoms with E-state index in [0.717, 1.165) is 30.1 Å². The first-order valence-corrected chi connectivity index (χ1v) is 9.86. The lowest BCUT2D eigenvalue weighted by Gasteiger charge is -2.35. The van der Waals surface area contributed by atoms with Crippen LogP contribution in [0.15, 0.2) is 24.3 Å². The zero-order valence-electron chi connectivity index (χ0n) is 17.5. The van der Waals surface area contributed by atoms with E-state index in [0.29, 0.717) is 36.6 Å². The van der Waals surface area contributed by atoms with Gasteiger partial charge in [-0.15, -0.1) is 0 Å². The average Bonchev–Trinajstić information content (AvgIpc) is 3.03. The number of amides is 1. The highest BCUT2D eigenvalue weighted by Gasteiger charge is 2.25. The van der Waals surface area contributed by atoms with Gasteiger partial charge in [0.1, 0.15) is 11.4 Å². The maximum absolute atomic E-state index is 12.9. The number of hydrogen-bond acceptors (Lipinski definition) is 5. The SMILES string of the molecule is COc1ccc([C@H](CNC(=O)c2[nH]c(C)c(C(C)=O)c2C)N2CCOCC2)cc1.